The number of rotatable bonds is 6. The first-order chi connectivity index (χ1) is 12.6. The molecule has 3 aromatic rings. The van der Waals surface area contributed by atoms with E-state index in [0.29, 0.717) is 22.2 Å². The maximum Gasteiger partial charge on any atom is 0.191 e. The van der Waals surface area contributed by atoms with Crippen molar-refractivity contribution in [2.24, 2.45) is 7.05 Å². The van der Waals surface area contributed by atoms with E-state index < -0.39 is 0 Å². The van der Waals surface area contributed by atoms with Crippen LogP contribution in [-0.4, -0.2) is 40.2 Å². The van der Waals surface area contributed by atoms with Crippen molar-refractivity contribution in [1.82, 2.24) is 19.5 Å². The number of fused-ring (bicyclic) bond motifs is 1. The Kier molecular flexibility index (Phi) is 5.28. The molecule has 0 aliphatic heterocycles. The van der Waals surface area contributed by atoms with Gasteiger partial charge in [-0.2, -0.15) is 5.26 Å². The highest BCUT2D eigenvalue weighted by Gasteiger charge is 2.15. The van der Waals surface area contributed by atoms with Gasteiger partial charge in [0.25, 0.3) is 0 Å². The van der Waals surface area contributed by atoms with Gasteiger partial charge in [-0.05, 0) is 24.6 Å². The Morgan fingerprint density at radius 3 is 2.85 bits per heavy atom. The fraction of sp³-hybridized carbons (Fsp3) is 0.333. The largest absolute Gasteiger partial charge is 0.495 e. The van der Waals surface area contributed by atoms with Gasteiger partial charge in [0.15, 0.2) is 22.1 Å². The predicted octanol–water partition coefficient (Wildman–Crippen LogP) is 2.99. The third-order valence-corrected chi connectivity index (χ3v) is 5.03. The first kappa shape index (κ1) is 18.0. The van der Waals surface area contributed by atoms with Crippen LogP contribution in [0.25, 0.3) is 11.2 Å². The second-order valence-corrected chi connectivity index (χ2v) is 6.75. The molecule has 3 rings (SSSR count). The van der Waals surface area contributed by atoms with Crippen molar-refractivity contribution in [3.8, 4) is 11.8 Å². The fourth-order valence-corrected chi connectivity index (χ4v) is 3.31. The minimum atomic E-state index is 0.528. The maximum atomic E-state index is 9.23. The molecule has 0 saturated heterocycles. The second-order valence-electron chi connectivity index (χ2n) is 5.81. The highest BCUT2D eigenvalue weighted by atomic mass is 32.2. The minimum absolute atomic E-state index is 0.528. The molecule has 26 heavy (non-hydrogen) atoms. The summed E-state index contributed by atoms with van der Waals surface area (Å²) < 4.78 is 7.09. The van der Waals surface area contributed by atoms with Crippen LogP contribution in [0.3, 0.4) is 0 Å². The van der Waals surface area contributed by atoms with Gasteiger partial charge >= 0.3 is 0 Å². The van der Waals surface area contributed by atoms with E-state index in [1.54, 1.807) is 13.4 Å². The highest BCUT2D eigenvalue weighted by Crippen LogP contribution is 2.28. The summed E-state index contributed by atoms with van der Waals surface area (Å²) in [6, 6.07) is 7.77. The average Bonchev–Trinajstić information content (AvgIpc) is 3.05. The molecular formula is C18H20N6OS. The van der Waals surface area contributed by atoms with Crippen molar-refractivity contribution >= 4 is 28.7 Å². The van der Waals surface area contributed by atoms with Crippen LogP contribution in [0.5, 0.6) is 5.75 Å². The molecule has 0 bridgehead atoms. The van der Waals surface area contributed by atoms with Gasteiger partial charge < -0.3 is 14.2 Å². The number of imidazole rings is 1. The first-order valence-electron chi connectivity index (χ1n) is 8.17. The SMILES string of the molecule is CCN(C)c1nc(SCc2ccc(OC)c(C#N)c2)nc2c1ncn2C. The Morgan fingerprint density at radius 2 is 2.15 bits per heavy atom. The minimum Gasteiger partial charge on any atom is -0.495 e. The van der Waals surface area contributed by atoms with Crippen LogP contribution in [0.4, 0.5) is 5.82 Å². The molecule has 0 saturated carbocycles. The molecule has 0 aliphatic carbocycles. The van der Waals surface area contributed by atoms with Crippen molar-refractivity contribution in [2.45, 2.75) is 17.8 Å². The maximum absolute atomic E-state index is 9.23. The number of aromatic nitrogens is 4. The summed E-state index contributed by atoms with van der Waals surface area (Å²) in [5.41, 5.74) is 3.16. The molecule has 0 N–H and O–H groups in total. The van der Waals surface area contributed by atoms with Crippen molar-refractivity contribution in [1.29, 1.82) is 5.26 Å². The van der Waals surface area contributed by atoms with E-state index in [2.05, 4.69) is 32.8 Å². The van der Waals surface area contributed by atoms with Crippen LogP contribution in [-0.2, 0) is 12.8 Å². The van der Waals surface area contributed by atoms with Crippen molar-refractivity contribution in [3.63, 3.8) is 0 Å². The molecule has 0 fully saturated rings. The molecule has 2 heterocycles. The summed E-state index contributed by atoms with van der Waals surface area (Å²) >= 11 is 1.53. The van der Waals surface area contributed by atoms with Gasteiger partial charge in [-0.15, -0.1) is 0 Å². The van der Waals surface area contributed by atoms with Gasteiger partial charge in [-0.25, -0.2) is 15.0 Å². The number of hydrogen-bond acceptors (Lipinski definition) is 7. The Morgan fingerprint density at radius 1 is 1.35 bits per heavy atom. The van der Waals surface area contributed by atoms with E-state index in [1.165, 1.54) is 11.8 Å². The number of hydrogen-bond donors (Lipinski definition) is 0. The number of benzene rings is 1. The van der Waals surface area contributed by atoms with Crippen LogP contribution < -0.4 is 9.64 Å². The normalized spacial score (nSPS) is 10.7. The van der Waals surface area contributed by atoms with Gasteiger partial charge in [-0.3, -0.25) is 0 Å². The fourth-order valence-electron chi connectivity index (χ4n) is 2.53. The van der Waals surface area contributed by atoms with Crippen LogP contribution in [0.15, 0.2) is 29.7 Å². The molecule has 0 radical (unpaired) electrons. The number of ether oxygens (including phenoxy) is 1. The van der Waals surface area contributed by atoms with Crippen molar-refractivity contribution in [2.75, 3.05) is 25.6 Å². The number of aryl methyl sites for hydroxylation is 1. The van der Waals surface area contributed by atoms with E-state index in [4.69, 9.17) is 4.74 Å². The lowest BCUT2D eigenvalue weighted by molar-refractivity contribution is 0.413. The summed E-state index contributed by atoms with van der Waals surface area (Å²) in [6.45, 7) is 2.90. The summed E-state index contributed by atoms with van der Waals surface area (Å²) in [4.78, 5) is 15.8. The lowest BCUT2D eigenvalue weighted by Crippen LogP contribution is -2.18. The Hall–Kier alpha value is -2.79. The summed E-state index contributed by atoms with van der Waals surface area (Å²) in [5.74, 6) is 2.07. The number of thioether (sulfide) groups is 1. The third kappa shape index (κ3) is 3.44. The lowest BCUT2D eigenvalue weighted by Gasteiger charge is -2.16. The van der Waals surface area contributed by atoms with Gasteiger partial charge in [0.2, 0.25) is 0 Å². The second kappa shape index (κ2) is 7.62. The van der Waals surface area contributed by atoms with E-state index >= 15 is 0 Å². The predicted molar refractivity (Wildman–Crippen MR) is 103 cm³/mol. The number of anilines is 1. The molecule has 134 valence electrons. The quantitative estimate of drug-likeness (QED) is 0.489. The van der Waals surface area contributed by atoms with Crippen LogP contribution in [0, 0.1) is 11.3 Å². The molecule has 1 aromatic carbocycles. The zero-order valence-corrected chi connectivity index (χ0v) is 16.0. The summed E-state index contributed by atoms with van der Waals surface area (Å²) in [6.07, 6.45) is 1.75. The zero-order chi connectivity index (χ0) is 18.7. The average molecular weight is 368 g/mol. The third-order valence-electron chi connectivity index (χ3n) is 4.11. The molecule has 0 amide bonds. The van der Waals surface area contributed by atoms with Gasteiger partial charge in [-0.1, -0.05) is 17.8 Å². The van der Waals surface area contributed by atoms with Crippen LogP contribution >= 0.6 is 11.8 Å². The van der Waals surface area contributed by atoms with Crippen LogP contribution in [0.2, 0.25) is 0 Å². The smallest absolute Gasteiger partial charge is 0.191 e. The Bertz CT molecular complexity index is 978. The first-order valence-corrected chi connectivity index (χ1v) is 9.16. The van der Waals surface area contributed by atoms with E-state index in [0.717, 1.165) is 29.1 Å². The molecular weight excluding hydrogens is 348 g/mol. The molecule has 0 spiro atoms. The molecule has 0 aliphatic rings. The molecule has 0 unspecified atom stereocenters. The van der Waals surface area contributed by atoms with Gasteiger partial charge in [0.1, 0.15) is 11.8 Å². The van der Waals surface area contributed by atoms with Gasteiger partial charge in [0, 0.05) is 26.4 Å². The Balaban J connectivity index is 1.89. The van der Waals surface area contributed by atoms with Crippen molar-refractivity contribution in [3.05, 3.63) is 35.7 Å². The standard InChI is InChI=1S/C18H20N6OS/c1-5-23(2)16-15-17(24(3)11-20-15)22-18(21-16)26-10-12-6-7-14(25-4)13(8-12)9-19/h6-8,11H,5,10H2,1-4H3. The van der Waals surface area contributed by atoms with E-state index in [1.807, 2.05) is 36.9 Å². The lowest BCUT2D eigenvalue weighted by atomic mass is 10.1. The highest BCUT2D eigenvalue weighted by molar-refractivity contribution is 7.98. The van der Waals surface area contributed by atoms with Gasteiger partial charge in [0.05, 0.1) is 19.0 Å². The molecule has 7 nitrogen and oxygen atoms in total. The van der Waals surface area contributed by atoms with Crippen LogP contribution in [0.1, 0.15) is 18.1 Å². The number of nitriles is 1. The topological polar surface area (TPSA) is 79.9 Å². The summed E-state index contributed by atoms with van der Waals surface area (Å²) in [7, 11) is 5.48. The summed E-state index contributed by atoms with van der Waals surface area (Å²) in [5, 5.41) is 9.92. The monoisotopic (exact) mass is 368 g/mol. The Labute approximate surface area is 156 Å². The molecule has 0 atom stereocenters. The molecule has 8 heteroatoms. The van der Waals surface area contributed by atoms with Crippen molar-refractivity contribution < 1.29 is 4.74 Å². The molecule has 2 aromatic heterocycles. The number of nitrogens with zero attached hydrogens (tertiary/aromatic N) is 6. The van der Waals surface area contributed by atoms with E-state index in [-0.39, 0.29) is 0 Å². The van der Waals surface area contributed by atoms with E-state index in [9.17, 15) is 5.26 Å². The zero-order valence-electron chi connectivity index (χ0n) is 15.2. The number of methoxy groups -OCH3 is 1.